The average molecular weight is 434 g/mol. The maximum absolute atomic E-state index is 6.27. The molecule has 0 aliphatic carbocycles. The van der Waals surface area contributed by atoms with E-state index < -0.39 is 0 Å². The van der Waals surface area contributed by atoms with E-state index in [9.17, 15) is 0 Å². The molecule has 1 nitrogen and oxygen atoms in total. The van der Waals surface area contributed by atoms with Gasteiger partial charge in [0.25, 0.3) is 0 Å². The zero-order chi connectivity index (χ0) is 13.1. The summed E-state index contributed by atoms with van der Waals surface area (Å²) in [5.74, 6) is 0. The maximum atomic E-state index is 6.27. The van der Waals surface area contributed by atoms with Gasteiger partial charge in [-0.1, -0.05) is 59.9 Å². The van der Waals surface area contributed by atoms with Crippen LogP contribution < -0.4 is 5.73 Å². The summed E-state index contributed by atoms with van der Waals surface area (Å²) in [7, 11) is 0. The lowest BCUT2D eigenvalue weighted by molar-refractivity contribution is 0.718. The van der Waals surface area contributed by atoms with E-state index in [1.165, 1.54) is 5.56 Å². The Morgan fingerprint density at radius 3 is 2.17 bits per heavy atom. The molecule has 2 aromatic rings. The van der Waals surface area contributed by atoms with E-state index in [0.29, 0.717) is 0 Å². The second-order valence-corrected chi connectivity index (χ2v) is 6.79. The van der Waals surface area contributed by atoms with Gasteiger partial charge in [-0.15, -0.1) is 0 Å². The zero-order valence-corrected chi connectivity index (χ0v) is 14.3. The van der Waals surface area contributed by atoms with E-state index in [0.717, 1.165) is 25.4 Å². The molecule has 1 unspecified atom stereocenters. The summed E-state index contributed by atoms with van der Waals surface area (Å²) in [6, 6.07) is 14.3. The first-order chi connectivity index (χ1) is 8.56. The molecule has 2 rings (SSSR count). The third kappa shape index (κ3) is 3.67. The molecule has 0 aromatic heterocycles. The van der Waals surface area contributed by atoms with Crippen molar-refractivity contribution in [3.63, 3.8) is 0 Å². The highest BCUT2D eigenvalue weighted by Gasteiger charge is 2.11. The van der Waals surface area contributed by atoms with Crippen molar-refractivity contribution < 1.29 is 0 Å². The number of hydrogen-bond acceptors (Lipinski definition) is 1. The topological polar surface area (TPSA) is 26.0 Å². The van der Waals surface area contributed by atoms with Gasteiger partial charge in [0.2, 0.25) is 0 Å². The maximum Gasteiger partial charge on any atom is 0.0347 e. The molecule has 2 N–H and O–H groups in total. The Bertz CT molecular complexity index is 537. The van der Waals surface area contributed by atoms with Crippen LogP contribution in [0.4, 0.5) is 0 Å². The number of hydrogen-bond donors (Lipinski definition) is 1. The largest absolute Gasteiger partial charge is 0.324 e. The van der Waals surface area contributed by atoms with Crippen LogP contribution in [0.3, 0.4) is 0 Å². The first kappa shape index (κ1) is 14.3. The molecule has 4 heteroatoms. The summed E-state index contributed by atoms with van der Waals surface area (Å²) < 4.78 is 3.19. The van der Waals surface area contributed by atoms with Gasteiger partial charge in [0.1, 0.15) is 0 Å². The standard InChI is InChI=1S/C14H12Br3N/c15-10-3-1-9(2-4-10)7-14(18)12-8-11(16)5-6-13(12)17/h1-6,8,14H,7,18H2. The second-order valence-electron chi connectivity index (χ2n) is 4.10. The Hall–Kier alpha value is -0.160. The summed E-state index contributed by atoms with van der Waals surface area (Å²) in [6.45, 7) is 0. The van der Waals surface area contributed by atoms with Gasteiger partial charge in [0.15, 0.2) is 0 Å². The van der Waals surface area contributed by atoms with E-state index in [4.69, 9.17) is 5.73 Å². The van der Waals surface area contributed by atoms with Crippen molar-refractivity contribution in [2.75, 3.05) is 0 Å². The minimum atomic E-state index is -0.0157. The molecule has 0 heterocycles. The molecule has 0 aliphatic rings. The lowest BCUT2D eigenvalue weighted by Gasteiger charge is -2.14. The Morgan fingerprint density at radius 2 is 1.50 bits per heavy atom. The van der Waals surface area contributed by atoms with Gasteiger partial charge in [-0.05, 0) is 47.9 Å². The molecule has 0 bridgehead atoms. The van der Waals surface area contributed by atoms with Gasteiger partial charge >= 0.3 is 0 Å². The Labute approximate surface area is 132 Å². The lowest BCUT2D eigenvalue weighted by atomic mass is 10.00. The Balaban J connectivity index is 2.18. The van der Waals surface area contributed by atoms with Gasteiger partial charge in [-0.25, -0.2) is 0 Å². The van der Waals surface area contributed by atoms with Crippen LogP contribution in [0.1, 0.15) is 17.2 Å². The van der Waals surface area contributed by atoms with Crippen LogP contribution in [-0.4, -0.2) is 0 Å². The van der Waals surface area contributed by atoms with Gasteiger partial charge < -0.3 is 5.73 Å². The first-order valence-electron chi connectivity index (χ1n) is 5.51. The highest BCUT2D eigenvalue weighted by molar-refractivity contribution is 9.11. The minimum Gasteiger partial charge on any atom is -0.324 e. The van der Waals surface area contributed by atoms with E-state index >= 15 is 0 Å². The van der Waals surface area contributed by atoms with Crippen molar-refractivity contribution in [3.05, 3.63) is 67.0 Å². The quantitative estimate of drug-likeness (QED) is 0.705. The van der Waals surface area contributed by atoms with Crippen molar-refractivity contribution >= 4 is 47.8 Å². The molecular formula is C14H12Br3N. The summed E-state index contributed by atoms with van der Waals surface area (Å²) in [4.78, 5) is 0. The van der Waals surface area contributed by atoms with E-state index in [-0.39, 0.29) is 6.04 Å². The number of nitrogens with two attached hydrogens (primary N) is 1. The van der Waals surface area contributed by atoms with Crippen LogP contribution in [0, 0.1) is 0 Å². The predicted octanol–water partition coefficient (Wildman–Crippen LogP) is 5.22. The molecule has 0 saturated heterocycles. The van der Waals surface area contributed by atoms with Crippen LogP contribution in [0.15, 0.2) is 55.9 Å². The van der Waals surface area contributed by atoms with E-state index in [1.807, 2.05) is 24.3 Å². The SMILES string of the molecule is NC(Cc1ccc(Br)cc1)c1cc(Br)ccc1Br. The third-order valence-electron chi connectivity index (χ3n) is 2.73. The highest BCUT2D eigenvalue weighted by Crippen LogP contribution is 2.28. The first-order valence-corrected chi connectivity index (χ1v) is 7.89. The normalized spacial score (nSPS) is 12.4. The number of benzene rings is 2. The number of rotatable bonds is 3. The predicted molar refractivity (Wildman–Crippen MR) is 86.6 cm³/mol. The lowest BCUT2D eigenvalue weighted by Crippen LogP contribution is -2.14. The van der Waals surface area contributed by atoms with E-state index in [2.05, 4.69) is 66.0 Å². The molecule has 94 valence electrons. The molecule has 0 aliphatic heterocycles. The van der Waals surface area contributed by atoms with Crippen molar-refractivity contribution in [1.29, 1.82) is 0 Å². The minimum absolute atomic E-state index is 0.0157. The molecule has 2 aromatic carbocycles. The van der Waals surface area contributed by atoms with Gasteiger partial charge in [-0.2, -0.15) is 0 Å². The van der Waals surface area contributed by atoms with Crippen molar-refractivity contribution in [1.82, 2.24) is 0 Å². The molecule has 1 atom stereocenters. The zero-order valence-electron chi connectivity index (χ0n) is 9.54. The Morgan fingerprint density at radius 1 is 0.889 bits per heavy atom. The van der Waals surface area contributed by atoms with Crippen LogP contribution in [-0.2, 0) is 6.42 Å². The summed E-state index contributed by atoms with van der Waals surface area (Å²) in [6.07, 6.45) is 0.822. The smallest absolute Gasteiger partial charge is 0.0347 e. The number of halogens is 3. The van der Waals surface area contributed by atoms with Crippen LogP contribution in [0.25, 0.3) is 0 Å². The molecule has 0 amide bonds. The van der Waals surface area contributed by atoms with E-state index in [1.54, 1.807) is 0 Å². The highest BCUT2D eigenvalue weighted by atomic mass is 79.9. The third-order valence-corrected chi connectivity index (χ3v) is 4.47. The van der Waals surface area contributed by atoms with Crippen molar-refractivity contribution in [3.8, 4) is 0 Å². The molecule has 0 saturated carbocycles. The fourth-order valence-corrected chi connectivity index (χ4v) is 2.97. The molecule has 18 heavy (non-hydrogen) atoms. The van der Waals surface area contributed by atoms with Crippen molar-refractivity contribution in [2.45, 2.75) is 12.5 Å². The van der Waals surface area contributed by atoms with Crippen LogP contribution in [0.5, 0.6) is 0 Å². The van der Waals surface area contributed by atoms with Crippen LogP contribution >= 0.6 is 47.8 Å². The van der Waals surface area contributed by atoms with Gasteiger partial charge in [0, 0.05) is 19.5 Å². The monoisotopic (exact) mass is 431 g/mol. The van der Waals surface area contributed by atoms with Crippen LogP contribution in [0.2, 0.25) is 0 Å². The molecular weight excluding hydrogens is 422 g/mol. The average Bonchev–Trinajstić information content (AvgIpc) is 2.35. The summed E-state index contributed by atoms with van der Waals surface area (Å²) >= 11 is 10.5. The molecule has 0 fully saturated rings. The Kier molecular flexibility index (Phi) is 5.01. The summed E-state index contributed by atoms with van der Waals surface area (Å²) in [5, 5.41) is 0. The second kappa shape index (κ2) is 6.33. The fourth-order valence-electron chi connectivity index (χ4n) is 1.78. The van der Waals surface area contributed by atoms with Gasteiger partial charge in [0.05, 0.1) is 0 Å². The van der Waals surface area contributed by atoms with Crippen molar-refractivity contribution in [2.24, 2.45) is 5.73 Å². The summed E-state index contributed by atoms with van der Waals surface area (Å²) in [5.41, 5.74) is 8.62. The van der Waals surface area contributed by atoms with Gasteiger partial charge in [-0.3, -0.25) is 0 Å². The molecule has 0 spiro atoms. The molecule has 0 radical (unpaired) electrons. The fraction of sp³-hybridized carbons (Fsp3) is 0.143.